The summed E-state index contributed by atoms with van der Waals surface area (Å²) in [5, 5.41) is 23.2. The van der Waals surface area contributed by atoms with Crippen molar-refractivity contribution in [2.24, 2.45) is 0 Å². The number of benzene rings is 2. The van der Waals surface area contributed by atoms with E-state index in [0.29, 0.717) is 0 Å². The Morgan fingerprint density at radius 2 is 1.75 bits per heavy atom. The summed E-state index contributed by atoms with van der Waals surface area (Å²) in [6.07, 6.45) is -4.61. The van der Waals surface area contributed by atoms with Gasteiger partial charge in [-0.1, -0.05) is 47.4 Å². The molecule has 9 nitrogen and oxygen atoms in total. The Bertz CT molecular complexity index is 1170. The van der Waals surface area contributed by atoms with Crippen molar-refractivity contribution in [1.29, 1.82) is 0 Å². The molecule has 0 saturated heterocycles. The Balaban J connectivity index is 1.59. The van der Waals surface area contributed by atoms with Crippen LogP contribution in [0.4, 0.5) is 29.7 Å². The van der Waals surface area contributed by atoms with Gasteiger partial charge in [0.05, 0.1) is 21.9 Å². The molecule has 3 aromatic rings. The highest BCUT2D eigenvalue weighted by molar-refractivity contribution is 8.01. The van der Waals surface area contributed by atoms with Gasteiger partial charge in [0.25, 0.3) is 11.6 Å². The molecule has 0 aliphatic carbocycles. The van der Waals surface area contributed by atoms with Crippen LogP contribution in [0, 0.1) is 10.1 Å². The number of rotatable bonds is 7. The molecule has 2 N–H and O–H groups in total. The lowest BCUT2D eigenvalue weighted by Gasteiger charge is -2.13. The van der Waals surface area contributed by atoms with Crippen molar-refractivity contribution in [3.63, 3.8) is 0 Å². The van der Waals surface area contributed by atoms with E-state index in [4.69, 9.17) is 0 Å². The number of nitrogens with one attached hydrogen (secondary N) is 2. The van der Waals surface area contributed by atoms with E-state index in [-0.39, 0.29) is 32.2 Å². The standard InChI is InChI=1S/C18H12F3N5O4S2/c19-18(20,21)11-6-2-3-7-12(11)22-14(27)9-31-17-25-24-16(32-17)23-15(28)10-5-1-4-8-13(10)26(29)30/h1-8H,9H2,(H,22,27)(H,23,24,28). The summed E-state index contributed by atoms with van der Waals surface area (Å²) in [5.41, 5.74) is -1.86. The molecule has 0 radical (unpaired) electrons. The van der Waals surface area contributed by atoms with Crippen LogP contribution in [0.2, 0.25) is 0 Å². The highest BCUT2D eigenvalue weighted by Gasteiger charge is 2.33. The zero-order valence-corrected chi connectivity index (χ0v) is 17.4. The molecule has 32 heavy (non-hydrogen) atoms. The minimum absolute atomic E-state index is 0.0403. The fourth-order valence-electron chi connectivity index (χ4n) is 2.46. The van der Waals surface area contributed by atoms with E-state index < -0.39 is 28.5 Å². The van der Waals surface area contributed by atoms with Gasteiger partial charge in [-0.3, -0.25) is 25.0 Å². The molecule has 2 aromatic carbocycles. The smallest absolute Gasteiger partial charge is 0.325 e. The Kier molecular flexibility index (Phi) is 7.05. The summed E-state index contributed by atoms with van der Waals surface area (Å²) in [4.78, 5) is 34.7. The molecule has 14 heteroatoms. The van der Waals surface area contributed by atoms with Gasteiger partial charge in [-0.05, 0) is 18.2 Å². The number of nitro benzene ring substituents is 1. The Labute approximate surface area is 186 Å². The molecule has 2 amide bonds. The van der Waals surface area contributed by atoms with E-state index >= 15 is 0 Å². The fourth-order valence-corrected chi connectivity index (χ4v) is 4.01. The van der Waals surface area contributed by atoms with E-state index in [1.165, 1.54) is 36.4 Å². The maximum absolute atomic E-state index is 13.0. The second-order valence-corrected chi connectivity index (χ2v) is 8.18. The number of carbonyl (C=O) groups excluding carboxylic acids is 2. The average Bonchev–Trinajstić information content (AvgIpc) is 3.19. The third-order valence-corrected chi connectivity index (χ3v) is 5.78. The molecule has 0 aliphatic rings. The first-order valence-electron chi connectivity index (χ1n) is 8.62. The number of amides is 2. The number of nitro groups is 1. The van der Waals surface area contributed by atoms with Gasteiger partial charge in [-0.25, -0.2) is 0 Å². The molecule has 0 atom stereocenters. The van der Waals surface area contributed by atoms with Gasteiger partial charge in [-0.2, -0.15) is 13.2 Å². The normalized spacial score (nSPS) is 11.1. The molecule has 0 saturated carbocycles. The van der Waals surface area contributed by atoms with E-state index in [1.807, 2.05) is 0 Å². The number of carbonyl (C=O) groups is 2. The van der Waals surface area contributed by atoms with Crippen LogP contribution in [0.3, 0.4) is 0 Å². The van der Waals surface area contributed by atoms with E-state index in [1.54, 1.807) is 0 Å². The summed E-state index contributed by atoms with van der Waals surface area (Å²) >= 11 is 1.81. The first-order valence-corrected chi connectivity index (χ1v) is 10.4. The third kappa shape index (κ3) is 5.79. The summed E-state index contributed by atoms with van der Waals surface area (Å²) in [6, 6.07) is 9.96. The summed E-state index contributed by atoms with van der Waals surface area (Å²) in [7, 11) is 0. The van der Waals surface area contributed by atoms with Gasteiger partial charge in [0.1, 0.15) is 5.56 Å². The van der Waals surface area contributed by atoms with Crippen molar-refractivity contribution in [2.75, 3.05) is 16.4 Å². The van der Waals surface area contributed by atoms with Crippen LogP contribution >= 0.6 is 23.1 Å². The van der Waals surface area contributed by atoms with Gasteiger partial charge in [0.2, 0.25) is 11.0 Å². The topological polar surface area (TPSA) is 127 Å². The molecule has 0 unspecified atom stereocenters. The van der Waals surface area contributed by atoms with Crippen molar-refractivity contribution in [3.05, 3.63) is 69.8 Å². The molecule has 0 bridgehead atoms. The molecule has 0 fully saturated rings. The second-order valence-electron chi connectivity index (χ2n) is 5.98. The molecular formula is C18H12F3N5O4S2. The van der Waals surface area contributed by atoms with Crippen LogP contribution in [0.5, 0.6) is 0 Å². The van der Waals surface area contributed by atoms with Crippen LogP contribution in [-0.2, 0) is 11.0 Å². The summed E-state index contributed by atoms with van der Waals surface area (Å²) in [6.45, 7) is 0. The van der Waals surface area contributed by atoms with Crippen LogP contribution < -0.4 is 10.6 Å². The Morgan fingerprint density at radius 1 is 1.06 bits per heavy atom. The lowest BCUT2D eigenvalue weighted by molar-refractivity contribution is -0.385. The van der Waals surface area contributed by atoms with Crippen LogP contribution in [0.25, 0.3) is 0 Å². The summed E-state index contributed by atoms with van der Waals surface area (Å²) in [5.74, 6) is -1.70. The zero-order chi connectivity index (χ0) is 23.3. The largest absolute Gasteiger partial charge is 0.418 e. The van der Waals surface area contributed by atoms with Gasteiger partial charge in [0, 0.05) is 6.07 Å². The van der Waals surface area contributed by atoms with Crippen LogP contribution in [0.15, 0.2) is 52.9 Å². The Hall–Kier alpha value is -3.52. The van der Waals surface area contributed by atoms with Gasteiger partial charge in [-0.15, -0.1) is 10.2 Å². The second kappa shape index (κ2) is 9.74. The number of hydrogen-bond donors (Lipinski definition) is 2. The number of anilines is 2. The monoisotopic (exact) mass is 483 g/mol. The van der Waals surface area contributed by atoms with Crippen LogP contribution in [0.1, 0.15) is 15.9 Å². The Morgan fingerprint density at radius 3 is 2.47 bits per heavy atom. The van der Waals surface area contributed by atoms with E-state index in [2.05, 4.69) is 20.8 Å². The van der Waals surface area contributed by atoms with Crippen LogP contribution in [-0.4, -0.2) is 32.7 Å². The maximum Gasteiger partial charge on any atom is 0.418 e. The van der Waals surface area contributed by atoms with Gasteiger partial charge in [0.15, 0.2) is 4.34 Å². The van der Waals surface area contributed by atoms with Gasteiger partial charge < -0.3 is 5.32 Å². The first kappa shape index (κ1) is 23.1. The molecule has 3 rings (SSSR count). The number of aromatic nitrogens is 2. The number of thioether (sulfide) groups is 1. The molecule has 166 valence electrons. The number of halogens is 3. The predicted octanol–water partition coefficient (Wildman–Crippen LogP) is 4.45. The quantitative estimate of drug-likeness (QED) is 0.220. The lowest BCUT2D eigenvalue weighted by atomic mass is 10.1. The van der Waals surface area contributed by atoms with Crippen molar-refractivity contribution in [1.82, 2.24) is 10.2 Å². The third-order valence-electron chi connectivity index (χ3n) is 3.81. The zero-order valence-electron chi connectivity index (χ0n) is 15.8. The van der Waals surface area contributed by atoms with Crippen molar-refractivity contribution in [3.8, 4) is 0 Å². The predicted molar refractivity (Wildman–Crippen MR) is 112 cm³/mol. The molecule has 1 heterocycles. The minimum Gasteiger partial charge on any atom is -0.325 e. The maximum atomic E-state index is 13.0. The average molecular weight is 483 g/mol. The number of alkyl halides is 3. The molecule has 0 spiro atoms. The SMILES string of the molecule is O=C(CSc1nnc(NC(=O)c2ccccc2[N+](=O)[O-])s1)Nc1ccccc1C(F)(F)F. The minimum atomic E-state index is -4.61. The fraction of sp³-hybridized carbons (Fsp3) is 0.111. The number of nitrogens with zero attached hydrogens (tertiary/aromatic N) is 3. The number of para-hydroxylation sites is 2. The highest BCUT2D eigenvalue weighted by atomic mass is 32.2. The highest BCUT2D eigenvalue weighted by Crippen LogP contribution is 2.35. The van der Waals surface area contributed by atoms with E-state index in [9.17, 15) is 32.9 Å². The summed E-state index contributed by atoms with van der Waals surface area (Å²) < 4.78 is 39.3. The van der Waals surface area contributed by atoms with Gasteiger partial charge >= 0.3 is 6.18 Å². The lowest BCUT2D eigenvalue weighted by Crippen LogP contribution is -2.18. The van der Waals surface area contributed by atoms with Crippen molar-refractivity contribution < 1.29 is 27.7 Å². The van der Waals surface area contributed by atoms with Crippen molar-refractivity contribution >= 4 is 51.4 Å². The van der Waals surface area contributed by atoms with E-state index in [0.717, 1.165) is 35.2 Å². The van der Waals surface area contributed by atoms with Crippen molar-refractivity contribution in [2.45, 2.75) is 10.5 Å². The number of hydrogen-bond acceptors (Lipinski definition) is 8. The molecule has 1 aromatic heterocycles. The first-order chi connectivity index (χ1) is 15.1. The molecular weight excluding hydrogens is 471 g/mol. The molecule has 0 aliphatic heterocycles.